The summed E-state index contributed by atoms with van der Waals surface area (Å²) in [5.74, 6) is 0.0543. The van der Waals surface area contributed by atoms with Crippen molar-refractivity contribution in [3.05, 3.63) is 99.4 Å². The third-order valence-electron chi connectivity index (χ3n) is 12.3. The van der Waals surface area contributed by atoms with Crippen LogP contribution < -0.4 is 41.0 Å². The van der Waals surface area contributed by atoms with Gasteiger partial charge >= 0.3 is 12.1 Å². The van der Waals surface area contributed by atoms with Gasteiger partial charge in [-0.3, -0.25) is 13.4 Å². The maximum atomic E-state index is 14.7. The molecule has 1 heterocycles. The van der Waals surface area contributed by atoms with E-state index in [1.54, 1.807) is 25.1 Å². The molecule has 1 aliphatic carbocycles. The Labute approximate surface area is 436 Å². The molecule has 4 aromatic carbocycles. The zero-order valence-corrected chi connectivity index (χ0v) is 46.4. The number of amides is 4. The van der Waals surface area contributed by atoms with Gasteiger partial charge in [0.15, 0.2) is 0 Å². The molecule has 0 saturated carbocycles. The number of hydrogen-bond donors (Lipinski definition) is 8. The minimum absolute atomic E-state index is 0.0223. The first-order chi connectivity index (χ1) is 34.8. The molecule has 398 valence electrons. The van der Waals surface area contributed by atoms with Crippen LogP contribution >= 0.6 is 0 Å². The van der Waals surface area contributed by atoms with Crippen molar-refractivity contribution in [1.82, 2.24) is 15.4 Å². The molecule has 1 atom stereocenters. The predicted molar refractivity (Wildman–Crippen MR) is 296 cm³/mol. The third kappa shape index (κ3) is 12.8. The van der Waals surface area contributed by atoms with Crippen molar-refractivity contribution >= 4 is 88.6 Å². The van der Waals surface area contributed by atoms with Crippen LogP contribution in [0.3, 0.4) is 0 Å². The molecule has 2 aliphatic rings. The van der Waals surface area contributed by atoms with Crippen molar-refractivity contribution in [2.75, 3.05) is 33.3 Å². The molecule has 4 aromatic rings. The number of carbonyl (C=O) groups excluding carboxylic acids is 2. The van der Waals surface area contributed by atoms with Gasteiger partial charge in [0.25, 0.3) is 21.4 Å². The highest BCUT2D eigenvalue weighted by atomic mass is 32.2. The topological polar surface area (TPSA) is 261 Å². The molecule has 21 heteroatoms. The maximum absolute atomic E-state index is 14.7. The fourth-order valence-corrected chi connectivity index (χ4v) is 11.5. The fourth-order valence-electron chi connectivity index (χ4n) is 8.97. The van der Waals surface area contributed by atoms with Gasteiger partial charge in [0.2, 0.25) is 10.0 Å². The number of anilines is 5. The highest BCUT2D eigenvalue weighted by Gasteiger charge is 2.30. The lowest BCUT2D eigenvalue weighted by Crippen LogP contribution is -2.34. The second kappa shape index (κ2) is 23.5. The summed E-state index contributed by atoms with van der Waals surface area (Å²) in [7, 11) is -9.36. The van der Waals surface area contributed by atoms with Crippen LogP contribution in [0.5, 0.6) is 0 Å². The molecule has 4 amide bonds. The number of hydrogen-bond acceptors (Lipinski definition) is 10. The van der Waals surface area contributed by atoms with Crippen LogP contribution in [0.2, 0.25) is 0 Å². The molecule has 74 heavy (non-hydrogen) atoms. The number of urea groups is 2. The Bertz CT molecular complexity index is 3430. The van der Waals surface area contributed by atoms with E-state index in [-0.39, 0.29) is 80.2 Å². The molecule has 0 bridgehead atoms. The summed E-state index contributed by atoms with van der Waals surface area (Å²) in [6, 6.07) is 14.3. The van der Waals surface area contributed by atoms with Crippen molar-refractivity contribution in [1.29, 1.82) is 0 Å². The number of nitrogens with zero attached hydrogens (tertiary/aromatic N) is 2. The molecule has 8 N–H and O–H groups in total. The van der Waals surface area contributed by atoms with Crippen LogP contribution in [0.4, 0.5) is 43.7 Å². The molecule has 18 nitrogen and oxygen atoms in total. The summed E-state index contributed by atoms with van der Waals surface area (Å²) in [4.78, 5) is 30.3. The highest BCUT2D eigenvalue weighted by Crippen LogP contribution is 2.47. The number of fused-ring (bicyclic) bond motifs is 2. The summed E-state index contributed by atoms with van der Waals surface area (Å²) in [5.41, 5.74) is 6.95. The minimum atomic E-state index is -4.95. The Hall–Kier alpha value is -6.36. The van der Waals surface area contributed by atoms with Gasteiger partial charge < -0.3 is 31.0 Å². The Morgan fingerprint density at radius 3 is 1.89 bits per heavy atom. The largest absolute Gasteiger partial charge is 0.456 e. The fraction of sp³-hybridized carbons (Fsp3) is 0.377. The monoisotopic (exact) mass is 1070 g/mol. The molecule has 0 spiro atoms. The van der Waals surface area contributed by atoms with E-state index in [1.165, 1.54) is 34.6 Å². The first kappa shape index (κ1) is 56.9. The number of unbranched alkanes of at least 4 members (excludes halogenated alkanes) is 2. The summed E-state index contributed by atoms with van der Waals surface area (Å²) < 4.78 is 102. The molecule has 0 radical (unpaired) electrons. The molecule has 6 rings (SSSR count). The van der Waals surface area contributed by atoms with E-state index >= 15 is 0 Å². The summed E-state index contributed by atoms with van der Waals surface area (Å²) in [6.45, 7) is 22.4. The van der Waals surface area contributed by atoms with E-state index in [9.17, 15) is 39.7 Å². The smallest absolute Gasteiger partial charge is 0.319 e. The second-order valence-corrected chi connectivity index (χ2v) is 23.1. The number of aryl methyl sites for hydroxylation is 4. The van der Waals surface area contributed by atoms with E-state index < -0.39 is 48.4 Å². The van der Waals surface area contributed by atoms with Gasteiger partial charge in [-0.2, -0.15) is 8.42 Å². The van der Waals surface area contributed by atoms with E-state index in [0.717, 1.165) is 16.7 Å². The quantitative estimate of drug-likeness (QED) is 0.0164. The first-order valence-electron chi connectivity index (χ1n) is 24.5. The Balaban J connectivity index is 1.80. The summed E-state index contributed by atoms with van der Waals surface area (Å²) in [5, 5.41) is 15.2. The molecular weight excluding hydrogens is 1000 g/mol. The van der Waals surface area contributed by atoms with Crippen LogP contribution in [0.15, 0.2) is 79.9 Å². The predicted octanol–water partition coefficient (Wildman–Crippen LogP) is 11.2. The lowest BCUT2D eigenvalue weighted by molar-refractivity contribution is 0.249. The second-order valence-electron chi connectivity index (χ2n) is 19.1. The Kier molecular flexibility index (Phi) is 18.0. The van der Waals surface area contributed by atoms with Crippen molar-refractivity contribution < 1.29 is 44.2 Å². The lowest BCUT2D eigenvalue weighted by atomic mass is 9.93. The van der Waals surface area contributed by atoms with Crippen LogP contribution in [0.1, 0.15) is 101 Å². The van der Waals surface area contributed by atoms with Crippen LogP contribution in [-0.2, 0) is 31.4 Å². The number of benzene rings is 5. The minimum Gasteiger partial charge on any atom is -0.456 e. The highest BCUT2D eigenvalue weighted by molar-refractivity contribution is 7.89. The average molecular weight is 1070 g/mol. The average Bonchev–Trinajstić information content (AvgIpc) is 3.30. The van der Waals surface area contributed by atoms with Crippen molar-refractivity contribution in [3.63, 3.8) is 0 Å². The first-order valence-corrected chi connectivity index (χ1v) is 28.5. The molecule has 0 aromatic heterocycles. The number of nitrogens with one attached hydrogen (secondary N) is 6. The summed E-state index contributed by atoms with van der Waals surface area (Å²) >= 11 is -2.62. The van der Waals surface area contributed by atoms with Gasteiger partial charge in [-0.05, 0) is 134 Å². The lowest BCUT2D eigenvalue weighted by Gasteiger charge is -2.27. The van der Waals surface area contributed by atoms with E-state index in [4.69, 9.17) is 9.41 Å². The number of rotatable bonds is 19. The molecule has 0 saturated heterocycles. The maximum Gasteiger partial charge on any atom is 0.319 e. The standard InChI is InChI=1S/C53H68N8O10S3/c1-13-15-21-54-73(66,67)46-26-39-44(28-41(46)58-49-32(8)24-34(10)51(36(49)12)60-53(63)56-30(5)6)71-43-27-40(57-48-31(7)23-33(9)50(35(48)11)59-52(62)55-29(3)4)42(61(72(64)65)22-16-14-2)25-38(43)47(39)37-19-17-18-20-45(37)74(68,69)70/h17-20,23-30,54,57H,13-16,21-22H2,1-12H3,(H,64,65)(H2,55,59,62)(H2,56,60,63)(H,68,69,70). The number of sulfonamides is 1. The normalized spacial score (nSPS) is 12.7. The Morgan fingerprint density at radius 2 is 1.31 bits per heavy atom. The van der Waals surface area contributed by atoms with E-state index in [0.29, 0.717) is 65.1 Å². The summed E-state index contributed by atoms with van der Waals surface area (Å²) in [6.07, 6.45) is 2.35. The van der Waals surface area contributed by atoms with Gasteiger partial charge in [-0.15, -0.1) is 0 Å². The third-order valence-corrected chi connectivity index (χ3v) is 15.5. The molecule has 1 unspecified atom stereocenters. The van der Waals surface area contributed by atoms with Crippen molar-refractivity contribution in [3.8, 4) is 22.5 Å². The van der Waals surface area contributed by atoms with Crippen molar-refractivity contribution in [2.45, 2.75) is 131 Å². The van der Waals surface area contributed by atoms with Gasteiger partial charge in [-0.25, -0.2) is 31.9 Å². The van der Waals surface area contributed by atoms with Crippen LogP contribution in [-0.4, -0.2) is 67.4 Å². The van der Waals surface area contributed by atoms with Gasteiger partial charge in [0.1, 0.15) is 21.1 Å². The molecule has 1 aliphatic heterocycles. The van der Waals surface area contributed by atoms with Crippen LogP contribution in [0, 0.1) is 41.5 Å². The van der Waals surface area contributed by atoms with Crippen LogP contribution in [0.25, 0.3) is 33.4 Å². The van der Waals surface area contributed by atoms with Crippen molar-refractivity contribution in [2.24, 2.45) is 4.99 Å². The zero-order valence-electron chi connectivity index (χ0n) is 44.0. The molecule has 0 fully saturated rings. The SMILES string of the molecule is CCCCNS(=O)(=O)c1cc2c(-c3ccccc3S(=O)(=O)O)c3cc(N(CCCC)S(=O)O)c(Nc4c(C)cc(C)c(NC(=O)NC(C)C)c4C)cc3oc-2cc1=Nc1c(C)cc(C)c(NC(=O)NC(C)C)c1C. The van der Waals surface area contributed by atoms with Gasteiger partial charge in [-0.1, -0.05) is 57.0 Å². The zero-order chi connectivity index (χ0) is 54.6. The van der Waals surface area contributed by atoms with Gasteiger partial charge in [0, 0.05) is 65.1 Å². The van der Waals surface area contributed by atoms with Gasteiger partial charge in [0.05, 0.1) is 33.8 Å². The van der Waals surface area contributed by atoms with E-state index in [1.807, 2.05) is 88.3 Å². The molecular formula is C53H68N8O10S3. The Morgan fingerprint density at radius 1 is 0.730 bits per heavy atom. The van der Waals surface area contributed by atoms with E-state index in [2.05, 4.69) is 31.3 Å². The number of carbonyl (C=O) groups is 2.